The molecular formula is C19H27NO3. The van der Waals surface area contributed by atoms with E-state index in [0.29, 0.717) is 0 Å². The molecular weight excluding hydrogens is 290 g/mol. The number of hydrogen-bond donors (Lipinski definition) is 1. The molecule has 0 fully saturated rings. The second-order valence-electron chi connectivity index (χ2n) is 6.72. The van der Waals surface area contributed by atoms with Crippen LogP contribution in [-0.2, 0) is 4.79 Å². The number of carboxylic acids is 1. The summed E-state index contributed by atoms with van der Waals surface area (Å²) in [5.41, 5.74) is 3.68. The molecule has 0 radical (unpaired) electrons. The minimum absolute atomic E-state index is 0.0593. The zero-order chi connectivity index (χ0) is 17.0. The summed E-state index contributed by atoms with van der Waals surface area (Å²) in [4.78, 5) is 13.0. The number of benzene rings is 1. The van der Waals surface area contributed by atoms with Crippen LogP contribution in [0.2, 0.25) is 0 Å². The van der Waals surface area contributed by atoms with Crippen molar-refractivity contribution in [3.8, 4) is 5.75 Å². The van der Waals surface area contributed by atoms with Gasteiger partial charge in [0.1, 0.15) is 5.75 Å². The van der Waals surface area contributed by atoms with Crippen molar-refractivity contribution in [2.24, 2.45) is 0 Å². The maximum atomic E-state index is 10.6. The summed E-state index contributed by atoms with van der Waals surface area (Å²) in [6.45, 7) is 7.50. The van der Waals surface area contributed by atoms with Crippen molar-refractivity contribution in [3.05, 3.63) is 29.8 Å². The fourth-order valence-electron chi connectivity index (χ4n) is 3.32. The van der Waals surface area contributed by atoms with Gasteiger partial charge in [0.05, 0.1) is 12.6 Å². The minimum atomic E-state index is -0.711. The quantitative estimate of drug-likeness (QED) is 0.760. The number of fused-ring (bicyclic) bond motifs is 1. The average molecular weight is 317 g/mol. The summed E-state index contributed by atoms with van der Waals surface area (Å²) < 4.78 is 5.39. The van der Waals surface area contributed by atoms with Gasteiger partial charge in [0.15, 0.2) is 0 Å². The SMILES string of the molecule is COc1ccc2c(c1)N(CCCCCC(=O)O)C(C)(C)C=C2C. The maximum absolute atomic E-state index is 10.6. The first-order valence-corrected chi connectivity index (χ1v) is 8.22. The zero-order valence-electron chi connectivity index (χ0n) is 14.6. The third kappa shape index (κ3) is 4.06. The molecule has 1 aliphatic heterocycles. The van der Waals surface area contributed by atoms with Crippen LogP contribution >= 0.6 is 0 Å². The number of anilines is 1. The third-order valence-corrected chi connectivity index (χ3v) is 4.46. The number of carbonyl (C=O) groups is 1. The van der Waals surface area contributed by atoms with E-state index in [9.17, 15) is 4.79 Å². The fraction of sp³-hybridized carbons (Fsp3) is 0.526. The van der Waals surface area contributed by atoms with Crippen molar-refractivity contribution in [1.29, 1.82) is 0 Å². The highest BCUT2D eigenvalue weighted by Gasteiger charge is 2.31. The van der Waals surface area contributed by atoms with Gasteiger partial charge in [-0.05, 0) is 51.3 Å². The molecule has 1 N–H and O–H groups in total. The monoisotopic (exact) mass is 317 g/mol. The number of aliphatic carboxylic acids is 1. The second kappa shape index (κ2) is 7.07. The van der Waals surface area contributed by atoms with Crippen LogP contribution in [0, 0.1) is 0 Å². The van der Waals surface area contributed by atoms with Gasteiger partial charge in [0.2, 0.25) is 0 Å². The lowest BCUT2D eigenvalue weighted by Crippen LogP contribution is -2.45. The highest BCUT2D eigenvalue weighted by Crippen LogP contribution is 2.40. The smallest absolute Gasteiger partial charge is 0.303 e. The van der Waals surface area contributed by atoms with E-state index in [0.717, 1.165) is 31.6 Å². The van der Waals surface area contributed by atoms with E-state index >= 15 is 0 Å². The van der Waals surface area contributed by atoms with Crippen molar-refractivity contribution >= 4 is 17.2 Å². The van der Waals surface area contributed by atoms with Crippen molar-refractivity contribution in [3.63, 3.8) is 0 Å². The first-order chi connectivity index (χ1) is 10.8. The summed E-state index contributed by atoms with van der Waals surface area (Å²) in [7, 11) is 1.69. The molecule has 0 saturated carbocycles. The average Bonchev–Trinajstić information content (AvgIpc) is 2.48. The van der Waals surface area contributed by atoms with E-state index in [1.165, 1.54) is 16.8 Å². The number of methoxy groups -OCH3 is 1. The van der Waals surface area contributed by atoms with Gasteiger partial charge in [-0.2, -0.15) is 0 Å². The first kappa shape index (κ1) is 17.4. The summed E-state index contributed by atoms with van der Waals surface area (Å²) in [6.07, 6.45) is 5.22. The number of unbranched alkanes of at least 4 members (excludes halogenated alkanes) is 2. The third-order valence-electron chi connectivity index (χ3n) is 4.46. The molecule has 0 aromatic heterocycles. The van der Waals surface area contributed by atoms with Crippen LogP contribution in [0.4, 0.5) is 5.69 Å². The molecule has 126 valence electrons. The Bertz CT molecular complexity index is 605. The predicted octanol–water partition coefficient (Wildman–Crippen LogP) is 4.34. The number of nitrogens with zero attached hydrogens (tertiary/aromatic N) is 1. The Morgan fingerprint density at radius 2 is 2.00 bits per heavy atom. The van der Waals surface area contributed by atoms with Gasteiger partial charge in [-0.1, -0.05) is 12.5 Å². The standard InChI is InChI=1S/C19H27NO3/c1-14-13-19(2,3)20(11-7-5-6-8-18(21)22)17-12-15(23-4)9-10-16(14)17/h9-10,12-13H,5-8,11H2,1-4H3,(H,21,22). The number of rotatable bonds is 7. The van der Waals surface area contributed by atoms with Crippen LogP contribution in [0.3, 0.4) is 0 Å². The van der Waals surface area contributed by atoms with E-state index in [4.69, 9.17) is 9.84 Å². The highest BCUT2D eigenvalue weighted by atomic mass is 16.5. The van der Waals surface area contributed by atoms with Gasteiger partial charge in [-0.3, -0.25) is 4.79 Å². The van der Waals surface area contributed by atoms with Gasteiger partial charge in [-0.25, -0.2) is 0 Å². The summed E-state index contributed by atoms with van der Waals surface area (Å²) in [5.74, 6) is 0.155. The van der Waals surface area contributed by atoms with Crippen LogP contribution in [0.1, 0.15) is 52.0 Å². The molecule has 1 aliphatic rings. The van der Waals surface area contributed by atoms with Crippen LogP contribution < -0.4 is 9.64 Å². The number of ether oxygens (including phenoxy) is 1. The van der Waals surface area contributed by atoms with Crippen molar-refractivity contribution in [2.45, 2.75) is 52.0 Å². The number of allylic oxidation sites excluding steroid dienone is 1. The molecule has 4 heteroatoms. The van der Waals surface area contributed by atoms with Crippen molar-refractivity contribution in [2.75, 3.05) is 18.6 Å². The number of hydrogen-bond acceptors (Lipinski definition) is 3. The Kier molecular flexibility index (Phi) is 5.34. The van der Waals surface area contributed by atoms with E-state index < -0.39 is 5.97 Å². The van der Waals surface area contributed by atoms with Gasteiger partial charge < -0.3 is 14.7 Å². The molecule has 0 unspecified atom stereocenters. The van der Waals surface area contributed by atoms with Crippen molar-refractivity contribution < 1.29 is 14.6 Å². The molecule has 1 aromatic carbocycles. The Morgan fingerprint density at radius 3 is 2.65 bits per heavy atom. The molecule has 1 heterocycles. The summed E-state index contributed by atoms with van der Waals surface area (Å²) in [6, 6.07) is 6.22. The molecule has 2 rings (SSSR count). The summed E-state index contributed by atoms with van der Waals surface area (Å²) >= 11 is 0. The minimum Gasteiger partial charge on any atom is -0.497 e. The lowest BCUT2D eigenvalue weighted by Gasteiger charge is -2.43. The van der Waals surface area contributed by atoms with Crippen LogP contribution in [0.25, 0.3) is 5.57 Å². The van der Waals surface area contributed by atoms with E-state index in [-0.39, 0.29) is 12.0 Å². The molecule has 23 heavy (non-hydrogen) atoms. The molecule has 0 spiro atoms. The highest BCUT2D eigenvalue weighted by molar-refractivity contribution is 5.82. The van der Waals surface area contributed by atoms with E-state index in [2.05, 4.69) is 43.9 Å². The Labute approximate surface area is 138 Å². The largest absolute Gasteiger partial charge is 0.497 e. The van der Waals surface area contributed by atoms with Gasteiger partial charge in [0, 0.05) is 30.3 Å². The topological polar surface area (TPSA) is 49.8 Å². The van der Waals surface area contributed by atoms with E-state index in [1.807, 2.05) is 6.07 Å². The normalized spacial score (nSPS) is 15.8. The maximum Gasteiger partial charge on any atom is 0.303 e. The van der Waals surface area contributed by atoms with Crippen LogP contribution in [-0.4, -0.2) is 30.3 Å². The zero-order valence-corrected chi connectivity index (χ0v) is 14.6. The lowest BCUT2D eigenvalue weighted by atomic mass is 9.88. The second-order valence-corrected chi connectivity index (χ2v) is 6.72. The van der Waals surface area contributed by atoms with Crippen molar-refractivity contribution in [1.82, 2.24) is 0 Å². The molecule has 1 aromatic rings. The molecule has 0 saturated heterocycles. The first-order valence-electron chi connectivity index (χ1n) is 8.22. The molecule has 0 amide bonds. The summed E-state index contributed by atoms with van der Waals surface area (Å²) in [5, 5.41) is 8.73. The molecule has 0 bridgehead atoms. The fourth-order valence-corrected chi connectivity index (χ4v) is 3.32. The van der Waals surface area contributed by atoms with Crippen LogP contribution in [0.5, 0.6) is 5.75 Å². The van der Waals surface area contributed by atoms with Gasteiger partial charge in [-0.15, -0.1) is 0 Å². The van der Waals surface area contributed by atoms with E-state index in [1.54, 1.807) is 7.11 Å². The Hall–Kier alpha value is -1.97. The molecule has 0 atom stereocenters. The predicted molar refractivity (Wildman–Crippen MR) is 94.2 cm³/mol. The van der Waals surface area contributed by atoms with Crippen LogP contribution in [0.15, 0.2) is 24.3 Å². The molecule has 0 aliphatic carbocycles. The van der Waals surface area contributed by atoms with Gasteiger partial charge >= 0.3 is 5.97 Å². The lowest BCUT2D eigenvalue weighted by molar-refractivity contribution is -0.137. The Morgan fingerprint density at radius 1 is 1.26 bits per heavy atom. The number of carboxylic acid groups (broad SMARTS) is 1. The molecule has 4 nitrogen and oxygen atoms in total. The Balaban J connectivity index is 2.15. The van der Waals surface area contributed by atoms with Gasteiger partial charge in [0.25, 0.3) is 0 Å².